The summed E-state index contributed by atoms with van der Waals surface area (Å²) in [6, 6.07) is 0. The molecule has 1 aliphatic rings. The fourth-order valence-electron chi connectivity index (χ4n) is 1.98. The molecule has 3 N–H and O–H groups in total. The molecule has 1 aliphatic heterocycles. The average Bonchev–Trinajstić information content (AvgIpc) is 2.80. The van der Waals surface area contributed by atoms with Crippen LogP contribution in [0.1, 0.15) is 50.4 Å². The maximum absolute atomic E-state index is 9.70. The molecule has 0 aliphatic carbocycles. The van der Waals surface area contributed by atoms with Gasteiger partial charge in [0.1, 0.15) is 11.7 Å². The van der Waals surface area contributed by atoms with Gasteiger partial charge < -0.3 is 20.1 Å². The summed E-state index contributed by atoms with van der Waals surface area (Å²) in [7, 11) is 0. The van der Waals surface area contributed by atoms with E-state index in [1.807, 2.05) is 6.92 Å². The zero-order valence-electron chi connectivity index (χ0n) is 10.1. The fraction of sp³-hybridized carbons (Fsp3) is 0.818. The van der Waals surface area contributed by atoms with Gasteiger partial charge in [-0.1, -0.05) is 5.16 Å². The summed E-state index contributed by atoms with van der Waals surface area (Å²) in [5.41, 5.74) is 4.88. The van der Waals surface area contributed by atoms with E-state index in [9.17, 15) is 5.11 Å². The maximum Gasteiger partial charge on any atom is 0.255 e. The summed E-state index contributed by atoms with van der Waals surface area (Å²) >= 11 is 0. The van der Waals surface area contributed by atoms with E-state index >= 15 is 0 Å². The molecule has 1 aromatic heterocycles. The maximum atomic E-state index is 9.70. The van der Waals surface area contributed by atoms with Crippen LogP contribution >= 0.6 is 0 Å². The molecule has 0 saturated carbocycles. The van der Waals surface area contributed by atoms with Crippen LogP contribution < -0.4 is 5.73 Å². The van der Waals surface area contributed by atoms with Crippen molar-refractivity contribution in [1.82, 2.24) is 10.1 Å². The largest absolute Gasteiger partial charge is 0.383 e. The zero-order valence-corrected chi connectivity index (χ0v) is 10.1. The number of hydrogen-bond acceptors (Lipinski definition) is 6. The zero-order chi connectivity index (χ0) is 12.3. The van der Waals surface area contributed by atoms with E-state index in [2.05, 4.69) is 10.1 Å². The Morgan fingerprint density at radius 3 is 3.00 bits per heavy atom. The first-order valence-corrected chi connectivity index (χ1v) is 6.02. The van der Waals surface area contributed by atoms with Crippen molar-refractivity contribution in [3.63, 3.8) is 0 Å². The summed E-state index contributed by atoms with van der Waals surface area (Å²) < 4.78 is 10.8. The molecule has 6 heteroatoms. The van der Waals surface area contributed by atoms with Gasteiger partial charge in [0.25, 0.3) is 5.89 Å². The third-order valence-electron chi connectivity index (χ3n) is 3.11. The van der Waals surface area contributed by atoms with Gasteiger partial charge in [0.15, 0.2) is 0 Å². The van der Waals surface area contributed by atoms with Crippen LogP contribution in [-0.4, -0.2) is 28.4 Å². The smallest absolute Gasteiger partial charge is 0.255 e. The minimum atomic E-state index is -0.784. The van der Waals surface area contributed by atoms with Crippen LogP contribution in [0.15, 0.2) is 4.52 Å². The SMILES string of the molecule is CC1(c2noc([C@@H](O)CCN)n2)CCCCO1. The molecule has 96 valence electrons. The molecular formula is C11H19N3O3. The van der Waals surface area contributed by atoms with Gasteiger partial charge in [-0.25, -0.2) is 0 Å². The van der Waals surface area contributed by atoms with Gasteiger partial charge >= 0.3 is 0 Å². The fourth-order valence-corrected chi connectivity index (χ4v) is 1.98. The highest BCUT2D eigenvalue weighted by Crippen LogP contribution is 2.33. The van der Waals surface area contributed by atoms with Crippen LogP contribution in [0.5, 0.6) is 0 Å². The van der Waals surface area contributed by atoms with E-state index < -0.39 is 11.7 Å². The van der Waals surface area contributed by atoms with Crippen molar-refractivity contribution in [3.05, 3.63) is 11.7 Å². The van der Waals surface area contributed by atoms with Crippen molar-refractivity contribution < 1.29 is 14.4 Å². The van der Waals surface area contributed by atoms with E-state index in [1.165, 1.54) is 0 Å². The number of hydrogen-bond donors (Lipinski definition) is 2. The van der Waals surface area contributed by atoms with Crippen molar-refractivity contribution in [1.29, 1.82) is 0 Å². The molecule has 0 aromatic carbocycles. The molecular weight excluding hydrogens is 222 g/mol. The van der Waals surface area contributed by atoms with Crippen molar-refractivity contribution in [2.24, 2.45) is 5.73 Å². The Labute approximate surface area is 100 Å². The lowest BCUT2D eigenvalue weighted by molar-refractivity contribution is -0.0770. The van der Waals surface area contributed by atoms with E-state index in [4.69, 9.17) is 15.0 Å². The van der Waals surface area contributed by atoms with Gasteiger partial charge in [-0.15, -0.1) is 0 Å². The Morgan fingerprint density at radius 1 is 1.53 bits per heavy atom. The Balaban J connectivity index is 2.11. The first kappa shape index (κ1) is 12.5. The van der Waals surface area contributed by atoms with Crippen molar-refractivity contribution >= 4 is 0 Å². The van der Waals surface area contributed by atoms with Crippen molar-refractivity contribution in [2.45, 2.75) is 44.3 Å². The molecule has 1 aromatic rings. The summed E-state index contributed by atoms with van der Waals surface area (Å²) in [4.78, 5) is 4.22. The highest BCUT2D eigenvalue weighted by Gasteiger charge is 2.35. The Morgan fingerprint density at radius 2 is 2.35 bits per heavy atom. The lowest BCUT2D eigenvalue weighted by Crippen LogP contribution is -2.31. The van der Waals surface area contributed by atoms with Gasteiger partial charge in [0.2, 0.25) is 5.82 Å². The summed E-state index contributed by atoms with van der Waals surface area (Å²) in [6.07, 6.45) is 2.66. The highest BCUT2D eigenvalue weighted by molar-refractivity contribution is 5.01. The van der Waals surface area contributed by atoms with Crippen LogP contribution in [0.3, 0.4) is 0 Å². The minimum absolute atomic E-state index is 0.223. The molecule has 17 heavy (non-hydrogen) atoms. The Kier molecular flexibility index (Phi) is 3.76. The number of nitrogens with two attached hydrogens (primary N) is 1. The van der Waals surface area contributed by atoms with Crippen LogP contribution in [-0.2, 0) is 10.3 Å². The second-order valence-electron chi connectivity index (χ2n) is 4.59. The van der Waals surface area contributed by atoms with Crippen molar-refractivity contribution in [2.75, 3.05) is 13.2 Å². The number of aliphatic hydroxyl groups excluding tert-OH is 1. The number of ether oxygens (including phenoxy) is 1. The second kappa shape index (κ2) is 5.12. The standard InChI is InChI=1S/C11H19N3O3/c1-11(5-2-3-7-16-11)10-13-9(17-14-10)8(15)4-6-12/h8,15H,2-7,12H2,1H3/t8-,11?/m0/s1. The van der Waals surface area contributed by atoms with Gasteiger partial charge in [-0.05, 0) is 39.2 Å². The van der Waals surface area contributed by atoms with Crippen LogP contribution in [0.25, 0.3) is 0 Å². The molecule has 0 radical (unpaired) electrons. The topological polar surface area (TPSA) is 94.4 Å². The molecule has 1 unspecified atom stereocenters. The molecule has 2 atom stereocenters. The summed E-state index contributed by atoms with van der Waals surface area (Å²) in [6.45, 7) is 3.05. The second-order valence-corrected chi connectivity index (χ2v) is 4.59. The quantitative estimate of drug-likeness (QED) is 0.812. The Hall–Kier alpha value is -0.980. The third-order valence-corrected chi connectivity index (χ3v) is 3.11. The molecule has 2 rings (SSSR count). The van der Waals surface area contributed by atoms with Crippen molar-refractivity contribution in [3.8, 4) is 0 Å². The van der Waals surface area contributed by atoms with Gasteiger partial charge in [0, 0.05) is 6.61 Å². The predicted octanol–water partition coefficient (Wildman–Crippen LogP) is 0.868. The number of aromatic nitrogens is 2. The monoisotopic (exact) mass is 241 g/mol. The van der Waals surface area contributed by atoms with Crippen LogP contribution in [0.2, 0.25) is 0 Å². The summed E-state index contributed by atoms with van der Waals surface area (Å²) in [5.74, 6) is 0.740. The van der Waals surface area contributed by atoms with Gasteiger partial charge in [-0.2, -0.15) is 4.98 Å². The first-order valence-electron chi connectivity index (χ1n) is 6.02. The molecule has 1 saturated heterocycles. The molecule has 0 spiro atoms. The molecule has 0 bridgehead atoms. The van der Waals surface area contributed by atoms with Crippen LogP contribution in [0.4, 0.5) is 0 Å². The van der Waals surface area contributed by atoms with E-state index in [0.29, 0.717) is 25.4 Å². The minimum Gasteiger partial charge on any atom is -0.383 e. The Bertz CT molecular complexity index is 361. The van der Waals surface area contributed by atoms with E-state index in [0.717, 1.165) is 19.3 Å². The predicted molar refractivity (Wildman–Crippen MR) is 60.1 cm³/mol. The number of aliphatic hydroxyl groups is 1. The number of rotatable bonds is 4. The average molecular weight is 241 g/mol. The molecule has 1 fully saturated rings. The molecule has 6 nitrogen and oxygen atoms in total. The third kappa shape index (κ3) is 2.65. The lowest BCUT2D eigenvalue weighted by Gasteiger charge is -2.30. The van der Waals surface area contributed by atoms with E-state index in [-0.39, 0.29) is 5.89 Å². The highest BCUT2D eigenvalue weighted by atomic mass is 16.5. The first-order chi connectivity index (χ1) is 8.15. The normalized spacial score (nSPS) is 27.0. The van der Waals surface area contributed by atoms with Gasteiger partial charge in [-0.3, -0.25) is 0 Å². The van der Waals surface area contributed by atoms with Crippen LogP contribution in [0, 0.1) is 0 Å². The van der Waals surface area contributed by atoms with E-state index in [1.54, 1.807) is 0 Å². The van der Waals surface area contributed by atoms with Gasteiger partial charge in [0.05, 0.1) is 0 Å². The summed E-state index contributed by atoms with van der Waals surface area (Å²) in [5, 5.41) is 13.6. The number of nitrogens with zero attached hydrogens (tertiary/aromatic N) is 2. The molecule has 2 heterocycles. The lowest BCUT2D eigenvalue weighted by atomic mass is 9.95. The molecule has 0 amide bonds.